The van der Waals surface area contributed by atoms with Crippen molar-refractivity contribution in [1.29, 1.82) is 0 Å². The summed E-state index contributed by atoms with van der Waals surface area (Å²) in [6, 6.07) is 3.51. The first-order valence-electron chi connectivity index (χ1n) is 6.36. The van der Waals surface area contributed by atoms with Crippen LogP contribution in [0.3, 0.4) is 0 Å². The summed E-state index contributed by atoms with van der Waals surface area (Å²) in [6.07, 6.45) is 2.99. The van der Waals surface area contributed by atoms with Crippen molar-refractivity contribution < 1.29 is 9.90 Å². The topological polar surface area (TPSA) is 88.0 Å². The molecule has 1 aliphatic rings. The van der Waals surface area contributed by atoms with E-state index in [4.69, 9.17) is 11.6 Å². The molecule has 0 saturated heterocycles. The number of carboxylic acid groups (broad SMARTS) is 1. The summed E-state index contributed by atoms with van der Waals surface area (Å²) in [4.78, 5) is 23.9. The van der Waals surface area contributed by atoms with Gasteiger partial charge in [0.05, 0.1) is 5.52 Å². The third-order valence-corrected chi connectivity index (χ3v) is 3.92. The Balaban J connectivity index is 2.05. The molecule has 2 aromatic rings. The monoisotopic (exact) mass is 292 g/mol. The molecule has 1 saturated carbocycles. The van der Waals surface area contributed by atoms with E-state index in [1.807, 2.05) is 6.92 Å². The minimum atomic E-state index is -0.961. The maximum atomic E-state index is 11.5. The van der Waals surface area contributed by atoms with Gasteiger partial charge in [-0.2, -0.15) is 4.98 Å². The Morgan fingerprint density at radius 2 is 2.40 bits per heavy atom. The first-order valence-corrected chi connectivity index (χ1v) is 6.74. The van der Waals surface area contributed by atoms with E-state index < -0.39 is 11.5 Å². The maximum absolute atomic E-state index is 11.5. The number of halogens is 1. The molecule has 20 heavy (non-hydrogen) atoms. The van der Waals surface area contributed by atoms with E-state index in [0.29, 0.717) is 23.3 Å². The average molecular weight is 293 g/mol. The van der Waals surface area contributed by atoms with E-state index in [0.717, 1.165) is 6.42 Å². The summed E-state index contributed by atoms with van der Waals surface area (Å²) in [7, 11) is 0. The second-order valence-corrected chi connectivity index (χ2v) is 5.26. The Labute approximate surface area is 120 Å². The molecule has 2 heterocycles. The molecule has 0 spiro atoms. The van der Waals surface area contributed by atoms with Crippen molar-refractivity contribution in [2.24, 2.45) is 5.92 Å². The third-order valence-electron chi connectivity index (χ3n) is 3.75. The van der Waals surface area contributed by atoms with E-state index in [9.17, 15) is 9.90 Å². The van der Waals surface area contributed by atoms with Crippen LogP contribution in [0, 0.1) is 5.92 Å². The van der Waals surface area contributed by atoms with Crippen molar-refractivity contribution in [3.8, 4) is 0 Å². The van der Waals surface area contributed by atoms with Crippen LogP contribution in [0.1, 0.15) is 19.8 Å². The number of pyridine rings is 1. The van der Waals surface area contributed by atoms with Crippen LogP contribution in [0.4, 0.5) is 5.82 Å². The summed E-state index contributed by atoms with van der Waals surface area (Å²) in [5.41, 5.74) is 0.153. The zero-order valence-electron chi connectivity index (χ0n) is 10.8. The highest BCUT2D eigenvalue weighted by Crippen LogP contribution is 2.48. The fraction of sp³-hybridized carbons (Fsp3) is 0.385. The lowest BCUT2D eigenvalue weighted by atomic mass is 10.1. The Bertz CT molecular complexity index is 693. The number of nitrogens with one attached hydrogen (secondary N) is 1. The van der Waals surface area contributed by atoms with Gasteiger partial charge in [0.15, 0.2) is 5.82 Å². The molecule has 2 aromatic heterocycles. The number of aromatic nitrogens is 3. The van der Waals surface area contributed by atoms with Gasteiger partial charge < -0.3 is 10.4 Å². The highest BCUT2D eigenvalue weighted by molar-refractivity contribution is 6.28. The third kappa shape index (κ3) is 1.96. The van der Waals surface area contributed by atoms with Crippen molar-refractivity contribution in [3.05, 3.63) is 23.6 Å². The summed E-state index contributed by atoms with van der Waals surface area (Å²) in [5.74, 6) is -0.408. The van der Waals surface area contributed by atoms with Crippen LogP contribution in [0.5, 0.6) is 0 Å². The van der Waals surface area contributed by atoms with Crippen LogP contribution in [0.25, 0.3) is 11.0 Å². The van der Waals surface area contributed by atoms with Gasteiger partial charge in [0.2, 0.25) is 5.28 Å². The molecule has 7 heteroatoms. The predicted octanol–water partition coefficient (Wildman–Crippen LogP) is 2.34. The minimum Gasteiger partial charge on any atom is -0.479 e. The second-order valence-electron chi connectivity index (χ2n) is 4.92. The van der Waals surface area contributed by atoms with E-state index in [2.05, 4.69) is 20.3 Å². The molecule has 3 rings (SSSR count). The van der Waals surface area contributed by atoms with Gasteiger partial charge >= 0.3 is 5.97 Å². The fourth-order valence-corrected chi connectivity index (χ4v) is 2.70. The Hall–Kier alpha value is -1.95. The Morgan fingerprint density at radius 3 is 3.05 bits per heavy atom. The molecule has 0 amide bonds. The molecule has 1 aliphatic carbocycles. The highest BCUT2D eigenvalue weighted by Gasteiger charge is 2.60. The van der Waals surface area contributed by atoms with Crippen molar-refractivity contribution in [2.75, 3.05) is 5.32 Å². The number of hydrogen-bond acceptors (Lipinski definition) is 5. The molecule has 0 bridgehead atoms. The van der Waals surface area contributed by atoms with Crippen LogP contribution in [-0.2, 0) is 4.79 Å². The van der Waals surface area contributed by atoms with Gasteiger partial charge in [-0.25, -0.2) is 9.78 Å². The smallest absolute Gasteiger partial charge is 0.329 e. The SMILES string of the molecule is CC[C@@H]1C[C@]1(Nc1nc(Cl)nc2cccnc12)C(=O)O. The Kier molecular flexibility index (Phi) is 2.97. The number of fused-ring (bicyclic) bond motifs is 1. The predicted molar refractivity (Wildman–Crippen MR) is 74.7 cm³/mol. The number of rotatable bonds is 4. The number of carboxylic acids is 1. The average Bonchev–Trinajstić information content (AvgIpc) is 3.13. The van der Waals surface area contributed by atoms with Crippen LogP contribution in [-0.4, -0.2) is 31.6 Å². The van der Waals surface area contributed by atoms with Gasteiger partial charge in [-0.1, -0.05) is 13.3 Å². The van der Waals surface area contributed by atoms with Crippen LogP contribution >= 0.6 is 11.6 Å². The normalized spacial score (nSPS) is 24.6. The van der Waals surface area contributed by atoms with Gasteiger partial charge in [-0.15, -0.1) is 0 Å². The first kappa shape index (κ1) is 13.1. The maximum Gasteiger partial charge on any atom is 0.329 e. The summed E-state index contributed by atoms with van der Waals surface area (Å²) < 4.78 is 0. The van der Waals surface area contributed by atoms with Crippen LogP contribution in [0.2, 0.25) is 5.28 Å². The summed E-state index contributed by atoms with van der Waals surface area (Å²) >= 11 is 5.89. The lowest BCUT2D eigenvalue weighted by Crippen LogP contribution is -2.34. The van der Waals surface area contributed by atoms with Gasteiger partial charge in [0.25, 0.3) is 0 Å². The van der Waals surface area contributed by atoms with Crippen molar-refractivity contribution in [3.63, 3.8) is 0 Å². The van der Waals surface area contributed by atoms with Gasteiger partial charge in [0.1, 0.15) is 11.1 Å². The lowest BCUT2D eigenvalue weighted by molar-refractivity contribution is -0.139. The van der Waals surface area contributed by atoms with Gasteiger partial charge in [-0.05, 0) is 36.1 Å². The number of nitrogens with zero attached hydrogens (tertiary/aromatic N) is 3. The molecular formula is C13H13ClN4O2. The highest BCUT2D eigenvalue weighted by atomic mass is 35.5. The summed E-state index contributed by atoms with van der Waals surface area (Å²) in [5, 5.41) is 12.5. The van der Waals surface area contributed by atoms with Crippen LogP contribution < -0.4 is 5.32 Å². The van der Waals surface area contributed by atoms with E-state index >= 15 is 0 Å². The minimum absolute atomic E-state index is 0.0715. The standard InChI is InChI=1S/C13H13ClN4O2/c1-2-7-6-13(7,11(19)20)18-10-9-8(4-3-5-15-9)16-12(14)17-10/h3-5,7H,2,6H2,1H3,(H,19,20)(H,16,17,18)/t7-,13-/m1/s1. The number of anilines is 1. The second kappa shape index (κ2) is 4.56. The fourth-order valence-electron chi connectivity index (χ4n) is 2.53. The van der Waals surface area contributed by atoms with Gasteiger partial charge in [0, 0.05) is 6.20 Å². The van der Waals surface area contributed by atoms with E-state index in [-0.39, 0.29) is 11.2 Å². The molecule has 0 aromatic carbocycles. The molecule has 1 fully saturated rings. The van der Waals surface area contributed by atoms with Crippen LogP contribution in [0.15, 0.2) is 18.3 Å². The molecular weight excluding hydrogens is 280 g/mol. The van der Waals surface area contributed by atoms with Crippen molar-refractivity contribution in [1.82, 2.24) is 15.0 Å². The number of aliphatic carboxylic acids is 1. The van der Waals surface area contributed by atoms with E-state index in [1.165, 1.54) is 0 Å². The quantitative estimate of drug-likeness (QED) is 0.841. The number of carbonyl (C=O) groups is 1. The molecule has 2 N–H and O–H groups in total. The molecule has 104 valence electrons. The van der Waals surface area contributed by atoms with Crippen molar-refractivity contribution in [2.45, 2.75) is 25.3 Å². The number of hydrogen-bond donors (Lipinski definition) is 2. The molecule has 6 nitrogen and oxygen atoms in total. The molecule has 0 radical (unpaired) electrons. The van der Waals surface area contributed by atoms with Gasteiger partial charge in [-0.3, -0.25) is 4.98 Å². The van der Waals surface area contributed by atoms with E-state index in [1.54, 1.807) is 18.3 Å². The molecule has 0 aliphatic heterocycles. The zero-order chi connectivity index (χ0) is 14.3. The summed E-state index contributed by atoms with van der Waals surface area (Å²) in [6.45, 7) is 1.97. The Morgan fingerprint density at radius 1 is 1.60 bits per heavy atom. The zero-order valence-corrected chi connectivity index (χ0v) is 11.6. The molecule has 2 atom stereocenters. The largest absolute Gasteiger partial charge is 0.479 e. The van der Waals surface area contributed by atoms with Crippen molar-refractivity contribution >= 4 is 34.4 Å². The first-order chi connectivity index (χ1) is 9.56. The molecule has 0 unspecified atom stereocenters. The lowest BCUT2D eigenvalue weighted by Gasteiger charge is -2.16.